The zero-order valence-electron chi connectivity index (χ0n) is 24.2. The number of rotatable bonds is 10. The van der Waals surface area contributed by atoms with Crippen LogP contribution in [0.1, 0.15) is 50.2 Å². The largest absolute Gasteiger partial charge is 0.464 e. The van der Waals surface area contributed by atoms with Gasteiger partial charge in [-0.2, -0.15) is 0 Å². The molecule has 0 spiro atoms. The van der Waals surface area contributed by atoms with Gasteiger partial charge in [-0.15, -0.1) is 0 Å². The lowest BCUT2D eigenvalue weighted by Gasteiger charge is -2.53. The molecular formula is C34H39N3O5. The monoisotopic (exact) mass is 569 g/mol. The first kappa shape index (κ1) is 28.2. The van der Waals surface area contributed by atoms with E-state index in [0.717, 1.165) is 59.5 Å². The number of aromatic nitrogens is 1. The number of carbonyl (C=O) groups excluding carboxylic acids is 3. The van der Waals surface area contributed by atoms with E-state index in [1.165, 1.54) is 13.5 Å². The Morgan fingerprint density at radius 1 is 0.952 bits per heavy atom. The van der Waals surface area contributed by atoms with Gasteiger partial charge in [0.2, 0.25) is 5.91 Å². The molecule has 1 atom stereocenters. The summed E-state index contributed by atoms with van der Waals surface area (Å²) < 4.78 is 11.1. The number of benzene rings is 2. The first-order chi connectivity index (χ1) is 20.3. The number of amides is 1. The quantitative estimate of drug-likeness (QED) is 0.240. The second-order valence-corrected chi connectivity index (χ2v) is 12.5. The number of para-hydroxylation sites is 1. The van der Waals surface area contributed by atoms with E-state index in [1.54, 1.807) is 13.0 Å². The highest BCUT2D eigenvalue weighted by molar-refractivity contribution is 6.00. The van der Waals surface area contributed by atoms with Crippen LogP contribution in [0.15, 0.2) is 66.5 Å². The first-order valence-electron chi connectivity index (χ1n) is 15.0. The lowest BCUT2D eigenvalue weighted by Crippen LogP contribution is -2.58. The number of fused-ring (bicyclic) bond motifs is 1. The van der Waals surface area contributed by atoms with Crippen molar-refractivity contribution in [2.45, 2.75) is 57.1 Å². The van der Waals surface area contributed by atoms with Crippen LogP contribution in [0.4, 0.5) is 0 Å². The van der Waals surface area contributed by atoms with Crippen LogP contribution in [-0.2, 0) is 30.3 Å². The maximum atomic E-state index is 14.0. The molecule has 8 heteroatoms. The molecule has 3 aromatic rings. The van der Waals surface area contributed by atoms with E-state index in [9.17, 15) is 14.4 Å². The van der Waals surface area contributed by atoms with Crippen LogP contribution < -0.4 is 10.6 Å². The van der Waals surface area contributed by atoms with Gasteiger partial charge >= 0.3 is 11.9 Å². The number of aromatic amines is 1. The third-order valence-corrected chi connectivity index (χ3v) is 9.51. The van der Waals surface area contributed by atoms with Crippen molar-refractivity contribution in [2.24, 2.45) is 23.7 Å². The topological polar surface area (TPSA) is 110 Å². The smallest absolute Gasteiger partial charge is 0.354 e. The minimum Gasteiger partial charge on any atom is -0.464 e. The lowest BCUT2D eigenvalue weighted by molar-refractivity contribution is -0.170. The van der Waals surface area contributed by atoms with Crippen molar-refractivity contribution >= 4 is 34.8 Å². The molecule has 4 fully saturated rings. The van der Waals surface area contributed by atoms with Gasteiger partial charge in [-0.1, -0.05) is 48.5 Å². The Hall–Kier alpha value is -3.91. The number of esters is 2. The summed E-state index contributed by atoms with van der Waals surface area (Å²) in [6, 6.07) is 17.1. The van der Waals surface area contributed by atoms with Crippen LogP contribution in [0, 0.1) is 23.7 Å². The molecule has 3 N–H and O–H groups in total. The second-order valence-electron chi connectivity index (χ2n) is 12.5. The number of carbonyl (C=O) groups is 3. The van der Waals surface area contributed by atoms with E-state index < -0.39 is 17.4 Å². The number of methoxy groups -OCH3 is 1. The van der Waals surface area contributed by atoms with Gasteiger partial charge in [0.05, 0.1) is 19.2 Å². The normalized spacial score (nSPS) is 26.0. The molecule has 1 amide bonds. The van der Waals surface area contributed by atoms with Crippen molar-refractivity contribution in [3.05, 3.63) is 77.6 Å². The molecule has 4 saturated carbocycles. The summed E-state index contributed by atoms with van der Waals surface area (Å²) >= 11 is 0. The van der Waals surface area contributed by atoms with E-state index in [-0.39, 0.29) is 30.7 Å². The Morgan fingerprint density at radius 2 is 1.62 bits per heavy atom. The maximum absolute atomic E-state index is 14.0. The molecule has 0 radical (unpaired) electrons. The molecule has 0 saturated heterocycles. The number of ether oxygens (including phenoxy) is 2. The fourth-order valence-electron chi connectivity index (χ4n) is 7.64. The highest BCUT2D eigenvalue weighted by Crippen LogP contribution is 2.54. The number of nitrogens with one attached hydrogen (secondary N) is 3. The summed E-state index contributed by atoms with van der Waals surface area (Å²) in [6.07, 6.45) is 9.66. The average molecular weight is 570 g/mol. The molecule has 42 heavy (non-hydrogen) atoms. The molecular weight excluding hydrogens is 530 g/mol. The first-order valence-corrected chi connectivity index (χ1v) is 15.0. The van der Waals surface area contributed by atoms with E-state index >= 15 is 0 Å². The maximum Gasteiger partial charge on any atom is 0.354 e. The highest BCUT2D eigenvalue weighted by atomic mass is 16.5. The molecule has 8 nitrogen and oxygen atoms in total. The molecule has 4 bridgehead atoms. The molecule has 0 aliphatic heterocycles. The standard InChI is InChI=1S/C34H39N3O5/c1-34(18-26-19-35-28-11-7-6-10-27(26)28,33(40)37-29(32(39)41-2)17-21-8-4-3-5-9-21)36-20-30(38)42-31-24-13-22-12-23(15-24)16-25(31)14-22/h3-11,17,19,22-25,31,35-36H,12-16,18,20H2,1-2H3,(H,37,40)/b29-17-/t22?,23?,24?,25?,31?,34-/m1/s1. The minimum absolute atomic E-state index is 0.0109. The van der Waals surface area contributed by atoms with Gasteiger partial charge in [0.1, 0.15) is 11.8 Å². The van der Waals surface area contributed by atoms with E-state index in [4.69, 9.17) is 9.47 Å². The second kappa shape index (κ2) is 11.8. The Morgan fingerprint density at radius 3 is 2.31 bits per heavy atom. The summed E-state index contributed by atoms with van der Waals surface area (Å²) in [7, 11) is 1.27. The van der Waals surface area contributed by atoms with E-state index in [1.807, 2.05) is 60.8 Å². The minimum atomic E-state index is -1.25. The number of hydrogen-bond donors (Lipinski definition) is 3. The summed E-state index contributed by atoms with van der Waals surface area (Å²) in [6.45, 7) is 1.63. The predicted octanol–water partition coefficient (Wildman–Crippen LogP) is 4.76. The van der Waals surface area contributed by atoms with Crippen LogP contribution >= 0.6 is 0 Å². The Balaban J connectivity index is 1.21. The Kier molecular flexibility index (Phi) is 7.90. The van der Waals surface area contributed by atoms with Gasteiger partial charge in [-0.25, -0.2) is 4.79 Å². The van der Waals surface area contributed by atoms with Crippen LogP contribution in [0.25, 0.3) is 17.0 Å². The highest BCUT2D eigenvalue weighted by Gasteiger charge is 2.50. The average Bonchev–Trinajstić information content (AvgIpc) is 3.39. The van der Waals surface area contributed by atoms with Crippen LogP contribution in [0.2, 0.25) is 0 Å². The van der Waals surface area contributed by atoms with E-state index in [2.05, 4.69) is 15.6 Å². The van der Waals surface area contributed by atoms with Crippen molar-refractivity contribution in [3.8, 4) is 0 Å². The van der Waals surface area contributed by atoms with Crippen molar-refractivity contribution in [1.29, 1.82) is 0 Å². The molecule has 220 valence electrons. The van der Waals surface area contributed by atoms with E-state index in [0.29, 0.717) is 11.8 Å². The van der Waals surface area contributed by atoms with Crippen LogP contribution in [0.5, 0.6) is 0 Å². The van der Waals surface area contributed by atoms with Crippen molar-refractivity contribution in [3.63, 3.8) is 0 Å². The molecule has 1 heterocycles. The molecule has 2 aromatic carbocycles. The molecule has 4 aliphatic rings. The van der Waals surface area contributed by atoms with Crippen LogP contribution in [0.3, 0.4) is 0 Å². The molecule has 1 aromatic heterocycles. The fraction of sp³-hybridized carbons (Fsp3) is 0.441. The zero-order valence-corrected chi connectivity index (χ0v) is 24.2. The van der Waals surface area contributed by atoms with Crippen molar-refractivity contribution < 1.29 is 23.9 Å². The fourth-order valence-corrected chi connectivity index (χ4v) is 7.64. The third-order valence-electron chi connectivity index (χ3n) is 9.51. The van der Waals surface area contributed by atoms with Gasteiger partial charge in [0.15, 0.2) is 0 Å². The zero-order chi connectivity index (χ0) is 29.3. The van der Waals surface area contributed by atoms with Gasteiger partial charge in [0, 0.05) is 23.5 Å². The number of H-pyrrole nitrogens is 1. The van der Waals surface area contributed by atoms with Crippen molar-refractivity contribution in [1.82, 2.24) is 15.6 Å². The Labute approximate surface area is 246 Å². The number of hydrogen-bond acceptors (Lipinski definition) is 6. The molecule has 4 aliphatic carbocycles. The van der Waals surface area contributed by atoms with Gasteiger partial charge in [0.25, 0.3) is 0 Å². The summed E-state index contributed by atoms with van der Waals surface area (Å²) in [5.41, 5.74) is 1.37. The summed E-state index contributed by atoms with van der Waals surface area (Å²) in [5.74, 6) is 1.02. The van der Waals surface area contributed by atoms with Crippen molar-refractivity contribution in [2.75, 3.05) is 13.7 Å². The van der Waals surface area contributed by atoms with Gasteiger partial charge in [-0.05, 0) is 86.0 Å². The van der Waals surface area contributed by atoms with Crippen LogP contribution in [-0.4, -0.2) is 48.1 Å². The molecule has 7 rings (SSSR count). The van der Waals surface area contributed by atoms with Gasteiger partial charge < -0.3 is 19.8 Å². The Bertz CT molecular complexity index is 1470. The summed E-state index contributed by atoms with van der Waals surface area (Å²) in [5, 5.41) is 6.99. The SMILES string of the molecule is COC(=O)/C(=C/c1ccccc1)NC(=O)[C@@](C)(Cc1c[nH]c2ccccc12)NCC(=O)OC1C2CC3CC(C2)CC1C3. The lowest BCUT2D eigenvalue weighted by atomic mass is 9.55. The third kappa shape index (κ3) is 5.86. The molecule has 0 unspecified atom stereocenters. The summed E-state index contributed by atoms with van der Waals surface area (Å²) in [4.78, 5) is 43.1. The predicted molar refractivity (Wildman–Crippen MR) is 160 cm³/mol. The van der Waals surface area contributed by atoms with Gasteiger partial charge in [-0.3, -0.25) is 14.9 Å².